The van der Waals surface area contributed by atoms with Crippen LogP contribution in [0.4, 0.5) is 0 Å². The number of ether oxygens (including phenoxy) is 3. The van der Waals surface area contributed by atoms with Crippen molar-refractivity contribution >= 4 is 16.0 Å². The molecule has 8 heteroatoms. The molecule has 150 valence electrons. The van der Waals surface area contributed by atoms with Gasteiger partial charge in [-0.15, -0.1) is 0 Å². The van der Waals surface area contributed by atoms with Crippen LogP contribution in [-0.4, -0.2) is 51.1 Å². The molecule has 0 bridgehead atoms. The van der Waals surface area contributed by atoms with Gasteiger partial charge in [-0.1, -0.05) is 12.1 Å². The highest BCUT2D eigenvalue weighted by Gasteiger charge is 2.32. The minimum Gasteiger partial charge on any atom is -0.493 e. The van der Waals surface area contributed by atoms with Crippen LogP contribution in [0.25, 0.3) is 0 Å². The summed E-state index contributed by atoms with van der Waals surface area (Å²) >= 11 is 0. The quantitative estimate of drug-likeness (QED) is 0.562. The van der Waals surface area contributed by atoms with Crippen molar-refractivity contribution in [1.82, 2.24) is 4.31 Å². The van der Waals surface area contributed by atoms with Crippen LogP contribution in [0.1, 0.15) is 24.2 Å². The zero-order valence-electron chi connectivity index (χ0n) is 16.0. The Kier molecular flexibility index (Phi) is 6.02. The molecule has 0 aliphatic carbocycles. The molecule has 2 atom stereocenters. The fraction of sp³-hybridized carbons (Fsp3) is 0.350. The number of hydrogen-bond acceptors (Lipinski definition) is 6. The summed E-state index contributed by atoms with van der Waals surface area (Å²) in [5, 5.41) is 0. The van der Waals surface area contributed by atoms with Gasteiger partial charge in [-0.2, -0.15) is 4.31 Å². The molecule has 1 heterocycles. The lowest BCUT2D eigenvalue weighted by molar-refractivity contribution is -0.0440. The number of hydrogen-bond donors (Lipinski definition) is 0. The number of carbonyl (C=O) groups is 1. The maximum atomic E-state index is 12.9. The number of benzene rings is 2. The number of esters is 1. The first-order valence-corrected chi connectivity index (χ1v) is 10.4. The van der Waals surface area contributed by atoms with Crippen LogP contribution in [0.15, 0.2) is 53.4 Å². The van der Waals surface area contributed by atoms with Crippen molar-refractivity contribution in [2.45, 2.75) is 31.0 Å². The topological polar surface area (TPSA) is 82.1 Å². The molecule has 3 rings (SSSR count). The zero-order chi connectivity index (χ0) is 20.3. The zero-order valence-corrected chi connectivity index (χ0v) is 16.8. The summed E-state index contributed by atoms with van der Waals surface area (Å²) in [7, 11) is -2.17. The van der Waals surface area contributed by atoms with Gasteiger partial charge in [0.2, 0.25) is 10.0 Å². The number of rotatable bonds is 5. The van der Waals surface area contributed by atoms with Gasteiger partial charge in [0.1, 0.15) is 0 Å². The van der Waals surface area contributed by atoms with E-state index >= 15 is 0 Å². The number of methoxy groups -OCH3 is 1. The smallest absolute Gasteiger partial charge is 0.343 e. The maximum Gasteiger partial charge on any atom is 0.343 e. The third-order valence-corrected chi connectivity index (χ3v) is 6.23. The van der Waals surface area contributed by atoms with Crippen LogP contribution in [-0.2, 0) is 14.8 Å². The van der Waals surface area contributed by atoms with Crippen molar-refractivity contribution in [3.05, 3.63) is 54.1 Å². The first-order valence-electron chi connectivity index (χ1n) is 8.92. The Bertz CT molecular complexity index is 931. The highest BCUT2D eigenvalue weighted by atomic mass is 32.2. The van der Waals surface area contributed by atoms with Crippen LogP contribution >= 0.6 is 0 Å². The molecular formula is C20H23NO6S. The molecule has 28 heavy (non-hydrogen) atoms. The summed E-state index contributed by atoms with van der Waals surface area (Å²) < 4.78 is 43.3. The molecule has 0 aromatic heterocycles. The van der Waals surface area contributed by atoms with E-state index in [0.29, 0.717) is 24.6 Å². The average Bonchev–Trinajstić information content (AvgIpc) is 2.67. The van der Waals surface area contributed by atoms with Crippen molar-refractivity contribution in [2.24, 2.45) is 0 Å². The Morgan fingerprint density at radius 2 is 1.57 bits per heavy atom. The standard InChI is InChI=1S/C20H23NO6S/c1-14-12-21(13-15(2)26-14)28(23,24)17-10-8-16(9-11-17)20(22)27-19-7-5-4-6-18(19)25-3/h4-11,14-15H,12-13H2,1-3H3. The largest absolute Gasteiger partial charge is 0.493 e. The van der Waals surface area contributed by atoms with Gasteiger partial charge >= 0.3 is 5.97 Å². The van der Waals surface area contributed by atoms with Crippen molar-refractivity contribution in [2.75, 3.05) is 20.2 Å². The molecule has 7 nitrogen and oxygen atoms in total. The van der Waals surface area contributed by atoms with Gasteiger partial charge in [-0.25, -0.2) is 13.2 Å². The van der Waals surface area contributed by atoms with Gasteiger partial charge in [-0.3, -0.25) is 0 Å². The molecule has 0 spiro atoms. The van der Waals surface area contributed by atoms with Gasteiger partial charge in [0.05, 0.1) is 29.8 Å². The summed E-state index contributed by atoms with van der Waals surface area (Å²) in [5.74, 6) is 0.135. The average molecular weight is 405 g/mol. The maximum absolute atomic E-state index is 12.9. The number of sulfonamides is 1. The van der Waals surface area contributed by atoms with E-state index in [2.05, 4.69) is 0 Å². The third-order valence-electron chi connectivity index (χ3n) is 4.39. The Balaban J connectivity index is 1.76. The Morgan fingerprint density at radius 1 is 1.00 bits per heavy atom. The fourth-order valence-corrected chi connectivity index (χ4v) is 4.69. The molecule has 1 fully saturated rings. The van der Waals surface area contributed by atoms with Crippen LogP contribution in [0.2, 0.25) is 0 Å². The van der Waals surface area contributed by atoms with Crippen LogP contribution in [0.3, 0.4) is 0 Å². The van der Waals surface area contributed by atoms with Crippen molar-refractivity contribution in [3.63, 3.8) is 0 Å². The first-order chi connectivity index (χ1) is 13.3. The summed E-state index contributed by atoms with van der Waals surface area (Å²) in [6.07, 6.45) is -0.345. The monoisotopic (exact) mass is 405 g/mol. The van der Waals surface area contributed by atoms with E-state index in [-0.39, 0.29) is 22.7 Å². The Morgan fingerprint density at radius 3 is 2.14 bits per heavy atom. The van der Waals surface area contributed by atoms with Gasteiger partial charge in [0.25, 0.3) is 0 Å². The number of morpholine rings is 1. The predicted octanol–water partition coefficient (Wildman–Crippen LogP) is 2.71. The van der Waals surface area contributed by atoms with E-state index in [1.165, 1.54) is 35.7 Å². The van der Waals surface area contributed by atoms with Gasteiger partial charge in [0, 0.05) is 13.1 Å². The molecular weight excluding hydrogens is 382 g/mol. The molecule has 1 aliphatic rings. The Labute approximate surface area is 164 Å². The van der Waals surface area contributed by atoms with Crippen LogP contribution < -0.4 is 9.47 Å². The van der Waals surface area contributed by atoms with E-state index in [1.54, 1.807) is 24.3 Å². The normalized spacial score (nSPS) is 20.5. The summed E-state index contributed by atoms with van der Waals surface area (Å²) in [4.78, 5) is 12.5. The first kappa shape index (κ1) is 20.3. The molecule has 2 aromatic rings. The fourth-order valence-electron chi connectivity index (χ4n) is 3.10. The molecule has 0 amide bonds. The second-order valence-corrected chi connectivity index (χ2v) is 8.58. The molecule has 1 saturated heterocycles. The number of nitrogens with zero attached hydrogens (tertiary/aromatic N) is 1. The third kappa shape index (κ3) is 4.35. The van der Waals surface area contributed by atoms with E-state index < -0.39 is 16.0 Å². The molecule has 2 aromatic carbocycles. The molecule has 0 saturated carbocycles. The van der Waals surface area contributed by atoms with Gasteiger partial charge in [-0.05, 0) is 50.2 Å². The minimum absolute atomic E-state index is 0.127. The molecule has 1 aliphatic heterocycles. The highest BCUT2D eigenvalue weighted by molar-refractivity contribution is 7.89. The lowest BCUT2D eigenvalue weighted by Gasteiger charge is -2.34. The number of carbonyl (C=O) groups excluding carboxylic acids is 1. The molecule has 2 unspecified atom stereocenters. The van der Waals surface area contributed by atoms with Gasteiger partial charge < -0.3 is 14.2 Å². The lowest BCUT2D eigenvalue weighted by atomic mass is 10.2. The summed E-state index contributed by atoms with van der Waals surface area (Å²) in [6.45, 7) is 4.28. The SMILES string of the molecule is COc1ccccc1OC(=O)c1ccc(S(=O)(=O)N2CC(C)OC(C)C2)cc1. The van der Waals surface area contributed by atoms with E-state index in [9.17, 15) is 13.2 Å². The Hall–Kier alpha value is -2.42. The van der Waals surface area contributed by atoms with E-state index in [0.717, 1.165) is 0 Å². The second kappa shape index (κ2) is 8.30. The highest BCUT2D eigenvalue weighted by Crippen LogP contribution is 2.27. The van der Waals surface area contributed by atoms with Crippen LogP contribution in [0.5, 0.6) is 11.5 Å². The molecule has 0 N–H and O–H groups in total. The number of para-hydroxylation sites is 2. The minimum atomic E-state index is -3.66. The van der Waals surface area contributed by atoms with E-state index in [4.69, 9.17) is 14.2 Å². The summed E-state index contributed by atoms with van der Waals surface area (Å²) in [6, 6.07) is 12.5. The molecule has 0 radical (unpaired) electrons. The summed E-state index contributed by atoms with van der Waals surface area (Å²) in [5.41, 5.74) is 0.244. The second-order valence-electron chi connectivity index (χ2n) is 6.64. The van der Waals surface area contributed by atoms with Crippen LogP contribution in [0, 0.1) is 0 Å². The van der Waals surface area contributed by atoms with Crippen molar-refractivity contribution in [3.8, 4) is 11.5 Å². The van der Waals surface area contributed by atoms with E-state index in [1.807, 2.05) is 13.8 Å². The lowest BCUT2D eigenvalue weighted by Crippen LogP contribution is -2.48. The van der Waals surface area contributed by atoms with Crippen molar-refractivity contribution < 1.29 is 27.4 Å². The predicted molar refractivity (Wildman–Crippen MR) is 103 cm³/mol. The van der Waals surface area contributed by atoms with Crippen molar-refractivity contribution in [1.29, 1.82) is 0 Å². The van der Waals surface area contributed by atoms with Gasteiger partial charge in [0.15, 0.2) is 11.5 Å².